The minimum Gasteiger partial charge on any atom is -0.496 e. The Morgan fingerprint density at radius 1 is 0.947 bits per heavy atom. The molecule has 0 unspecified atom stereocenters. The normalized spacial score (nSPS) is 11.0. The van der Waals surface area contributed by atoms with Crippen LogP contribution in [-0.2, 0) is 25.5 Å². The highest BCUT2D eigenvalue weighted by Crippen LogP contribution is 2.24. The lowest BCUT2D eigenvalue weighted by Crippen LogP contribution is -2.19. The molecule has 0 aliphatic carbocycles. The lowest BCUT2D eigenvalue weighted by atomic mass is 10.1. The summed E-state index contributed by atoms with van der Waals surface area (Å²) in [7, 11) is 5.02. The Balaban J connectivity index is 1.43. The van der Waals surface area contributed by atoms with E-state index in [1.54, 1.807) is 38.2 Å². The number of carbonyl (C=O) groups excluding carboxylic acids is 2. The molecule has 2 heterocycles. The maximum Gasteiger partial charge on any atom is 0.276 e. The Hall–Kier alpha value is -4.86. The predicted octanol–water partition coefficient (Wildman–Crippen LogP) is 4.26. The van der Waals surface area contributed by atoms with Crippen LogP contribution in [0, 0.1) is 13.8 Å². The molecule has 0 aliphatic heterocycles. The number of methoxy groups -OCH3 is 1. The third-order valence-corrected chi connectivity index (χ3v) is 6.04. The van der Waals surface area contributed by atoms with Gasteiger partial charge >= 0.3 is 0 Å². The van der Waals surface area contributed by atoms with Crippen molar-refractivity contribution in [1.29, 1.82) is 0 Å². The van der Waals surface area contributed by atoms with E-state index in [2.05, 4.69) is 20.8 Å². The fraction of sp³-hybridized carbons (Fsp3) is 0.214. The molecule has 0 fully saturated rings. The zero-order valence-corrected chi connectivity index (χ0v) is 22.0. The number of hydrogen-bond donors (Lipinski definition) is 2. The second-order valence-electron chi connectivity index (χ2n) is 8.75. The third kappa shape index (κ3) is 6.09. The number of rotatable bonds is 9. The summed E-state index contributed by atoms with van der Waals surface area (Å²) in [5.74, 6) is 0.633. The molecule has 0 bridgehead atoms. The van der Waals surface area contributed by atoms with Gasteiger partial charge in [0.2, 0.25) is 5.91 Å². The number of aromatic nitrogens is 4. The van der Waals surface area contributed by atoms with Gasteiger partial charge in [0.15, 0.2) is 0 Å². The zero-order chi connectivity index (χ0) is 27.2. The number of hydrogen-bond acceptors (Lipinski definition) is 6. The van der Waals surface area contributed by atoms with Crippen molar-refractivity contribution < 1.29 is 19.1 Å². The summed E-state index contributed by atoms with van der Waals surface area (Å²) in [6, 6.07) is 13.4. The Bertz CT molecular complexity index is 1480. The molecular weight excluding hydrogens is 484 g/mol. The van der Waals surface area contributed by atoms with Crippen LogP contribution in [-0.4, -0.2) is 38.5 Å². The SMILES string of the molecule is COc1ccc(/C=C/C(=O)Nc2cnn(C)c2C(=O)Nc2cnn(C)c2C)cc1COc1ccc(C)cc1. The molecule has 0 aliphatic rings. The van der Waals surface area contributed by atoms with Gasteiger partial charge in [0.1, 0.15) is 23.8 Å². The van der Waals surface area contributed by atoms with E-state index in [9.17, 15) is 9.59 Å². The van der Waals surface area contributed by atoms with E-state index in [0.29, 0.717) is 23.7 Å². The summed E-state index contributed by atoms with van der Waals surface area (Å²) < 4.78 is 14.4. The third-order valence-electron chi connectivity index (χ3n) is 6.04. The van der Waals surface area contributed by atoms with Gasteiger partial charge in [-0.05, 0) is 49.8 Å². The molecule has 10 nitrogen and oxygen atoms in total. The van der Waals surface area contributed by atoms with Crippen molar-refractivity contribution in [1.82, 2.24) is 19.6 Å². The standard InChI is InChI=1S/C28H30N6O4/c1-18-6-10-22(11-7-18)38-17-21-14-20(8-12-25(21)37-5)9-13-26(35)31-24-16-30-34(4)27(24)28(36)32-23-15-29-33(3)19(23)2/h6-16H,17H2,1-5H3,(H,31,35)(H,32,36)/b13-9+. The smallest absolute Gasteiger partial charge is 0.276 e. The molecule has 0 saturated carbocycles. The Kier molecular flexibility index (Phi) is 7.91. The number of nitrogens with one attached hydrogen (secondary N) is 2. The predicted molar refractivity (Wildman–Crippen MR) is 145 cm³/mol. The quantitative estimate of drug-likeness (QED) is 0.323. The van der Waals surface area contributed by atoms with Crippen LogP contribution in [0.3, 0.4) is 0 Å². The van der Waals surface area contributed by atoms with Crippen LogP contribution in [0.15, 0.2) is 60.9 Å². The number of ether oxygens (including phenoxy) is 2. The molecule has 38 heavy (non-hydrogen) atoms. The van der Waals surface area contributed by atoms with Crippen LogP contribution < -0.4 is 20.1 Å². The van der Waals surface area contributed by atoms with E-state index in [1.165, 1.54) is 17.0 Å². The number of anilines is 2. The summed E-state index contributed by atoms with van der Waals surface area (Å²) >= 11 is 0. The molecule has 2 aromatic carbocycles. The van der Waals surface area contributed by atoms with Crippen molar-refractivity contribution in [2.45, 2.75) is 20.5 Å². The van der Waals surface area contributed by atoms with E-state index < -0.39 is 11.8 Å². The van der Waals surface area contributed by atoms with Crippen LogP contribution >= 0.6 is 0 Å². The van der Waals surface area contributed by atoms with Crippen molar-refractivity contribution in [3.8, 4) is 11.5 Å². The second-order valence-corrected chi connectivity index (χ2v) is 8.75. The first kappa shape index (κ1) is 26.2. The second kappa shape index (κ2) is 11.5. The van der Waals surface area contributed by atoms with Crippen molar-refractivity contribution in [3.63, 3.8) is 0 Å². The van der Waals surface area contributed by atoms with Gasteiger partial charge in [0.25, 0.3) is 5.91 Å². The first-order valence-corrected chi connectivity index (χ1v) is 11.9. The van der Waals surface area contributed by atoms with Gasteiger partial charge in [0.05, 0.1) is 36.6 Å². The van der Waals surface area contributed by atoms with Crippen molar-refractivity contribution >= 4 is 29.3 Å². The number of aryl methyl sites for hydroxylation is 3. The molecule has 2 amide bonds. The highest BCUT2D eigenvalue weighted by atomic mass is 16.5. The number of amides is 2. The molecule has 4 aromatic rings. The van der Waals surface area contributed by atoms with Crippen molar-refractivity contribution in [3.05, 3.63) is 89.0 Å². The molecule has 196 valence electrons. The molecular formula is C28H30N6O4. The van der Waals surface area contributed by atoms with Crippen LogP contribution in [0.1, 0.15) is 32.9 Å². The highest BCUT2D eigenvalue weighted by Gasteiger charge is 2.19. The summed E-state index contributed by atoms with van der Waals surface area (Å²) in [5.41, 5.74) is 4.68. The molecule has 0 spiro atoms. The highest BCUT2D eigenvalue weighted by molar-refractivity contribution is 6.10. The van der Waals surface area contributed by atoms with Crippen molar-refractivity contribution in [2.24, 2.45) is 14.1 Å². The van der Waals surface area contributed by atoms with E-state index in [-0.39, 0.29) is 5.69 Å². The molecule has 2 N–H and O–H groups in total. The van der Waals surface area contributed by atoms with Crippen LogP contribution in [0.4, 0.5) is 11.4 Å². The van der Waals surface area contributed by atoms with Gasteiger partial charge in [-0.25, -0.2) is 0 Å². The fourth-order valence-corrected chi connectivity index (χ4v) is 3.76. The van der Waals surface area contributed by atoms with E-state index in [0.717, 1.165) is 28.1 Å². The molecule has 2 aromatic heterocycles. The maximum atomic E-state index is 12.9. The summed E-state index contributed by atoms with van der Waals surface area (Å²) in [6.45, 7) is 4.18. The zero-order valence-electron chi connectivity index (χ0n) is 22.0. The average Bonchev–Trinajstić information content (AvgIpc) is 3.43. The minimum absolute atomic E-state index is 0.218. The molecule has 0 radical (unpaired) electrons. The Labute approximate surface area is 220 Å². The van der Waals surface area contributed by atoms with Gasteiger partial charge in [-0.1, -0.05) is 23.8 Å². The molecule has 0 saturated heterocycles. The van der Waals surface area contributed by atoms with E-state index in [1.807, 2.05) is 56.3 Å². The average molecular weight is 515 g/mol. The van der Waals surface area contributed by atoms with Crippen LogP contribution in [0.5, 0.6) is 11.5 Å². The lowest BCUT2D eigenvalue weighted by Gasteiger charge is -2.11. The van der Waals surface area contributed by atoms with Gasteiger partial charge < -0.3 is 20.1 Å². The number of nitrogens with zero attached hydrogens (tertiary/aromatic N) is 4. The topological polar surface area (TPSA) is 112 Å². The van der Waals surface area contributed by atoms with Crippen molar-refractivity contribution in [2.75, 3.05) is 17.7 Å². The molecule has 4 rings (SSSR count). The van der Waals surface area contributed by atoms with E-state index >= 15 is 0 Å². The Morgan fingerprint density at radius 2 is 1.66 bits per heavy atom. The lowest BCUT2D eigenvalue weighted by molar-refractivity contribution is -0.111. The monoisotopic (exact) mass is 514 g/mol. The Morgan fingerprint density at radius 3 is 2.34 bits per heavy atom. The maximum absolute atomic E-state index is 12.9. The minimum atomic E-state index is -0.409. The van der Waals surface area contributed by atoms with Gasteiger partial charge in [-0.2, -0.15) is 10.2 Å². The summed E-state index contributed by atoms with van der Waals surface area (Å²) in [4.78, 5) is 25.6. The fourth-order valence-electron chi connectivity index (χ4n) is 3.76. The van der Waals surface area contributed by atoms with Gasteiger partial charge in [-0.15, -0.1) is 0 Å². The summed E-state index contributed by atoms with van der Waals surface area (Å²) in [5, 5.41) is 13.8. The summed E-state index contributed by atoms with van der Waals surface area (Å²) in [6.07, 6.45) is 6.08. The number of benzene rings is 2. The van der Waals surface area contributed by atoms with Crippen LogP contribution in [0.25, 0.3) is 6.08 Å². The van der Waals surface area contributed by atoms with Crippen LogP contribution in [0.2, 0.25) is 0 Å². The molecule has 0 atom stereocenters. The van der Waals surface area contributed by atoms with E-state index in [4.69, 9.17) is 9.47 Å². The van der Waals surface area contributed by atoms with Gasteiger partial charge in [0, 0.05) is 25.7 Å². The first-order valence-electron chi connectivity index (χ1n) is 11.9. The first-order chi connectivity index (χ1) is 18.2. The molecule has 10 heteroatoms. The largest absolute Gasteiger partial charge is 0.496 e. The van der Waals surface area contributed by atoms with Gasteiger partial charge in [-0.3, -0.25) is 19.0 Å². The number of carbonyl (C=O) groups is 2.